The highest BCUT2D eigenvalue weighted by atomic mass is 32.2. The van der Waals surface area contributed by atoms with Gasteiger partial charge >= 0.3 is 10.2 Å². The predicted octanol–water partition coefficient (Wildman–Crippen LogP) is 1.66. The van der Waals surface area contributed by atoms with Gasteiger partial charge < -0.3 is 14.8 Å². The molecule has 2 heterocycles. The largest absolute Gasteiger partial charge is 0.504 e. The van der Waals surface area contributed by atoms with E-state index in [0.717, 1.165) is 5.56 Å². The second kappa shape index (κ2) is 8.32. The second-order valence-electron chi connectivity index (χ2n) is 7.19. The zero-order valence-corrected chi connectivity index (χ0v) is 18.9. The van der Waals surface area contributed by atoms with Gasteiger partial charge in [-0.25, -0.2) is 17.9 Å². The quantitative estimate of drug-likeness (QED) is 0.467. The summed E-state index contributed by atoms with van der Waals surface area (Å²) in [5.41, 5.74) is 0.837. The molecule has 0 saturated heterocycles. The molecule has 0 spiro atoms. The van der Waals surface area contributed by atoms with Crippen molar-refractivity contribution in [1.29, 1.82) is 0 Å². The Morgan fingerprint density at radius 2 is 2.00 bits per heavy atom. The van der Waals surface area contributed by atoms with E-state index in [1.54, 1.807) is 12.3 Å². The Labute approximate surface area is 180 Å². The predicted molar refractivity (Wildman–Crippen MR) is 116 cm³/mol. The van der Waals surface area contributed by atoms with Crippen molar-refractivity contribution < 1.29 is 26.4 Å². The molecule has 13 heteroatoms. The van der Waals surface area contributed by atoms with E-state index >= 15 is 0 Å². The van der Waals surface area contributed by atoms with Crippen LogP contribution in [0.4, 0.5) is 5.69 Å². The van der Waals surface area contributed by atoms with Crippen LogP contribution in [-0.2, 0) is 20.2 Å². The Morgan fingerprint density at radius 3 is 2.58 bits per heavy atom. The summed E-state index contributed by atoms with van der Waals surface area (Å²) in [5.74, 6) is -0.361. The summed E-state index contributed by atoms with van der Waals surface area (Å²) in [5, 5.41) is 13.1. The fourth-order valence-corrected chi connectivity index (χ4v) is 4.55. The lowest BCUT2D eigenvalue weighted by Gasteiger charge is -2.16. The van der Waals surface area contributed by atoms with Gasteiger partial charge in [-0.2, -0.15) is 8.42 Å². The minimum atomic E-state index is -4.07. The molecule has 0 radical (unpaired) electrons. The highest BCUT2D eigenvalue weighted by molar-refractivity contribution is 7.90. The minimum Gasteiger partial charge on any atom is -0.504 e. The Bertz CT molecular complexity index is 1260. The number of hydrogen-bond donors (Lipinski definition) is 4. The summed E-state index contributed by atoms with van der Waals surface area (Å²) in [6.07, 6.45) is 1.57. The van der Waals surface area contributed by atoms with Crippen molar-refractivity contribution in [3.05, 3.63) is 41.9 Å². The number of amidine groups is 2. The van der Waals surface area contributed by atoms with E-state index in [1.165, 1.54) is 25.2 Å². The summed E-state index contributed by atoms with van der Waals surface area (Å²) >= 11 is 0. The average molecular weight is 470 g/mol. The van der Waals surface area contributed by atoms with Crippen LogP contribution in [0.2, 0.25) is 0 Å². The molecule has 11 nitrogen and oxygen atoms in total. The molecule has 0 fully saturated rings. The number of nitrogens with one attached hydrogen (secondary N) is 3. The number of nitrogens with zero attached hydrogens (tertiary/aromatic N) is 2. The Balaban J connectivity index is 2.02. The van der Waals surface area contributed by atoms with Gasteiger partial charge in [-0.3, -0.25) is 4.99 Å². The Hall–Kier alpha value is -2.90. The lowest BCUT2D eigenvalue weighted by Crippen LogP contribution is -2.31. The van der Waals surface area contributed by atoms with Gasteiger partial charge in [0.05, 0.1) is 12.0 Å². The van der Waals surface area contributed by atoms with E-state index in [9.17, 15) is 21.9 Å². The number of furan rings is 1. The molecule has 168 valence electrons. The molecule has 1 atom stereocenters. The van der Waals surface area contributed by atoms with Crippen molar-refractivity contribution in [1.82, 2.24) is 9.44 Å². The number of aryl methyl sites for hydroxylation is 1. The number of aromatic hydroxyl groups is 1. The molecule has 0 saturated carbocycles. The van der Waals surface area contributed by atoms with Crippen molar-refractivity contribution in [2.75, 3.05) is 12.4 Å². The van der Waals surface area contributed by atoms with Gasteiger partial charge in [0.1, 0.15) is 16.7 Å². The van der Waals surface area contributed by atoms with Crippen LogP contribution in [0.5, 0.6) is 5.75 Å². The number of sulfonamides is 1. The van der Waals surface area contributed by atoms with Gasteiger partial charge in [0.2, 0.25) is 10.0 Å². The number of para-hydroxylation sites is 1. The van der Waals surface area contributed by atoms with Gasteiger partial charge in [0, 0.05) is 0 Å². The van der Waals surface area contributed by atoms with Crippen molar-refractivity contribution >= 4 is 37.6 Å². The minimum absolute atomic E-state index is 0.0399. The average Bonchev–Trinajstić information content (AvgIpc) is 3.23. The first-order chi connectivity index (χ1) is 14.4. The van der Waals surface area contributed by atoms with E-state index in [1.807, 2.05) is 20.8 Å². The maximum Gasteiger partial charge on any atom is 0.345 e. The number of phenols is 1. The number of aliphatic imine (C=N–C) groups is 1. The highest BCUT2D eigenvalue weighted by Gasteiger charge is 2.30. The number of benzene rings is 1. The third-order valence-corrected chi connectivity index (χ3v) is 6.73. The monoisotopic (exact) mass is 469 g/mol. The molecule has 2 aromatic rings. The van der Waals surface area contributed by atoms with E-state index in [-0.39, 0.29) is 28.2 Å². The second-order valence-corrected chi connectivity index (χ2v) is 10.4. The van der Waals surface area contributed by atoms with Crippen molar-refractivity contribution in [3.63, 3.8) is 0 Å². The molecule has 4 N–H and O–H groups in total. The van der Waals surface area contributed by atoms with E-state index in [2.05, 4.69) is 24.2 Å². The van der Waals surface area contributed by atoms with Crippen molar-refractivity contribution in [3.8, 4) is 5.75 Å². The molecule has 0 unspecified atom stereocenters. The van der Waals surface area contributed by atoms with Crippen LogP contribution in [-0.4, -0.2) is 40.7 Å². The third-order valence-electron chi connectivity index (χ3n) is 4.41. The Morgan fingerprint density at radius 1 is 1.29 bits per heavy atom. The normalized spacial score (nSPS) is 18.1. The zero-order chi connectivity index (χ0) is 23.0. The summed E-state index contributed by atoms with van der Waals surface area (Å²) in [6.45, 7) is 5.66. The Kier molecular flexibility index (Phi) is 6.11. The van der Waals surface area contributed by atoms with Crippen molar-refractivity contribution in [2.45, 2.75) is 31.7 Å². The molecule has 1 aromatic carbocycles. The van der Waals surface area contributed by atoms with Gasteiger partial charge in [-0.15, -0.1) is 4.40 Å². The first-order valence-electron chi connectivity index (χ1n) is 9.22. The third kappa shape index (κ3) is 4.89. The highest BCUT2D eigenvalue weighted by Crippen LogP contribution is 2.32. The lowest BCUT2D eigenvalue weighted by atomic mass is 10.0. The maximum absolute atomic E-state index is 12.1. The summed E-state index contributed by atoms with van der Waals surface area (Å²) in [7, 11) is -6.80. The number of hydrogen-bond acceptors (Lipinski definition) is 8. The van der Waals surface area contributed by atoms with Gasteiger partial charge in [0.25, 0.3) is 0 Å². The number of rotatable bonds is 6. The molecule has 0 aliphatic carbocycles. The molecule has 0 amide bonds. The topological polar surface area (TPSA) is 162 Å². The number of anilines is 1. The molecule has 1 aromatic heterocycles. The molecule has 0 bridgehead atoms. The van der Waals surface area contributed by atoms with Gasteiger partial charge in [-0.1, -0.05) is 19.9 Å². The fourth-order valence-electron chi connectivity index (χ4n) is 2.89. The van der Waals surface area contributed by atoms with E-state index in [4.69, 9.17) is 4.42 Å². The van der Waals surface area contributed by atoms with Crippen LogP contribution < -0.4 is 14.8 Å². The lowest BCUT2D eigenvalue weighted by molar-refractivity contribution is 0.404. The van der Waals surface area contributed by atoms with Crippen LogP contribution in [0.3, 0.4) is 0 Å². The first-order valence-corrected chi connectivity index (χ1v) is 12.1. The van der Waals surface area contributed by atoms with Crippen LogP contribution in [0.25, 0.3) is 0 Å². The fraction of sp³-hybridized carbons (Fsp3) is 0.333. The summed E-state index contributed by atoms with van der Waals surface area (Å²) in [4.78, 5) is 4.10. The first kappa shape index (κ1) is 22.8. The van der Waals surface area contributed by atoms with Crippen LogP contribution >= 0.6 is 0 Å². The van der Waals surface area contributed by atoms with Gasteiger partial charge in [0.15, 0.2) is 17.4 Å². The molecular weight excluding hydrogens is 446 g/mol. The summed E-state index contributed by atoms with van der Waals surface area (Å²) in [6, 6.07) is 5.27. The zero-order valence-electron chi connectivity index (χ0n) is 17.2. The molecule has 1 aliphatic heterocycles. The van der Waals surface area contributed by atoms with Crippen LogP contribution in [0, 0.1) is 12.8 Å². The van der Waals surface area contributed by atoms with Gasteiger partial charge in [-0.05, 0) is 43.7 Å². The van der Waals surface area contributed by atoms with Crippen LogP contribution in [0.1, 0.15) is 31.2 Å². The molecular formula is C18H23N5O6S2. The SMILES string of the molecule is CNS(=O)(=O)c1cccc(NC2=NS(=O)(=O)NC2=N[C@@H](c2cc(C)co2)C(C)C)c1O. The molecule has 31 heavy (non-hydrogen) atoms. The smallest absolute Gasteiger partial charge is 0.345 e. The number of phenolic OH excluding ortho intramolecular Hbond substituents is 1. The summed E-state index contributed by atoms with van der Waals surface area (Å²) < 4.78 is 61.8. The van der Waals surface area contributed by atoms with Crippen molar-refractivity contribution in [2.24, 2.45) is 15.3 Å². The van der Waals surface area contributed by atoms with E-state index < -0.39 is 32.0 Å². The molecule has 1 aliphatic rings. The maximum atomic E-state index is 12.1. The van der Waals surface area contributed by atoms with Crippen LogP contribution in [0.15, 0.2) is 49.2 Å². The van der Waals surface area contributed by atoms with E-state index in [0.29, 0.717) is 5.76 Å². The molecule has 3 rings (SSSR count). The standard InChI is InChI=1S/C18H23N5O6S2/c1-10(2)15(13-8-11(3)9-29-13)21-18-17(22-31(27,28)23-18)20-12-6-5-7-14(16(12)24)30(25,26)19-4/h5-10,15,19,24H,1-4H3,(H,20,22)(H,21,23)/t15-/m1/s1.